The van der Waals surface area contributed by atoms with Crippen molar-refractivity contribution in [2.45, 2.75) is 23.8 Å². The molecule has 0 aliphatic carbocycles. The normalized spacial score (nSPS) is 12.3. The van der Waals surface area contributed by atoms with Crippen molar-refractivity contribution in [1.29, 1.82) is 0 Å². The van der Waals surface area contributed by atoms with E-state index in [9.17, 15) is 22.7 Å². The summed E-state index contributed by atoms with van der Waals surface area (Å²) in [4.78, 5) is 11.7. The standard InChI is InChI=1S/C24H23BrClFN2O4S/c25-11-10-18(17-4-2-1-3-5-17)15-28-23-9-7-19(13-20(23)24(30)31)34(32,33)29-14-16-6-8-22(27)21(26)12-16/h1-9,12-13,18,28-29H,10-11,14-15H2,(H,30,31). The van der Waals surface area contributed by atoms with E-state index in [1.807, 2.05) is 30.3 Å². The van der Waals surface area contributed by atoms with E-state index in [1.165, 1.54) is 24.3 Å². The van der Waals surface area contributed by atoms with Crippen molar-refractivity contribution in [3.63, 3.8) is 0 Å². The van der Waals surface area contributed by atoms with Crippen LogP contribution in [0.25, 0.3) is 0 Å². The van der Waals surface area contributed by atoms with Crippen molar-refractivity contribution < 1.29 is 22.7 Å². The molecule has 0 aliphatic rings. The van der Waals surface area contributed by atoms with Crippen molar-refractivity contribution >= 4 is 49.2 Å². The zero-order valence-corrected chi connectivity index (χ0v) is 21.1. The maximum absolute atomic E-state index is 13.3. The third-order valence-corrected chi connectivity index (χ3v) is 7.40. The largest absolute Gasteiger partial charge is 0.478 e. The molecule has 0 spiro atoms. The summed E-state index contributed by atoms with van der Waals surface area (Å²) in [5, 5.41) is 13.5. The molecule has 3 rings (SSSR count). The molecular formula is C24H23BrClFN2O4S. The topological polar surface area (TPSA) is 95.5 Å². The van der Waals surface area contributed by atoms with Crippen LogP contribution in [0.4, 0.5) is 10.1 Å². The molecule has 3 aromatic carbocycles. The molecule has 180 valence electrons. The fraction of sp³-hybridized carbons (Fsp3) is 0.208. The number of benzene rings is 3. The number of halogens is 3. The quantitative estimate of drug-likeness (QED) is 0.260. The van der Waals surface area contributed by atoms with Crippen LogP contribution in [0.2, 0.25) is 5.02 Å². The number of carboxylic acids is 1. The summed E-state index contributed by atoms with van der Waals surface area (Å²) in [6.07, 6.45) is 0.837. The molecule has 6 nitrogen and oxygen atoms in total. The van der Waals surface area contributed by atoms with Crippen molar-refractivity contribution in [3.05, 3.63) is 94.3 Å². The minimum absolute atomic E-state index is 0.117. The predicted molar refractivity (Wildman–Crippen MR) is 135 cm³/mol. The van der Waals surface area contributed by atoms with Gasteiger partial charge in [-0.15, -0.1) is 0 Å². The highest BCUT2D eigenvalue weighted by molar-refractivity contribution is 9.09. The molecule has 0 amide bonds. The Morgan fingerprint density at radius 3 is 2.47 bits per heavy atom. The Morgan fingerprint density at radius 2 is 1.82 bits per heavy atom. The van der Waals surface area contributed by atoms with Gasteiger partial charge in [0.2, 0.25) is 10.0 Å². The average molecular weight is 570 g/mol. The summed E-state index contributed by atoms with van der Waals surface area (Å²) < 4.78 is 41.2. The van der Waals surface area contributed by atoms with Crippen LogP contribution >= 0.6 is 27.5 Å². The molecule has 0 saturated heterocycles. The summed E-state index contributed by atoms with van der Waals surface area (Å²) in [6.45, 7) is 0.349. The summed E-state index contributed by atoms with van der Waals surface area (Å²) in [5.74, 6) is -1.72. The monoisotopic (exact) mass is 568 g/mol. The lowest BCUT2D eigenvalue weighted by molar-refractivity contribution is 0.0697. The van der Waals surface area contributed by atoms with Crippen LogP contribution < -0.4 is 10.0 Å². The highest BCUT2D eigenvalue weighted by Gasteiger charge is 2.20. The highest BCUT2D eigenvalue weighted by Crippen LogP contribution is 2.25. The SMILES string of the molecule is O=C(O)c1cc(S(=O)(=O)NCc2ccc(F)c(Cl)c2)ccc1NCC(CCBr)c1ccccc1. The number of sulfonamides is 1. The molecule has 0 fully saturated rings. The van der Waals surface area contributed by atoms with Crippen LogP contribution in [-0.4, -0.2) is 31.4 Å². The van der Waals surface area contributed by atoms with E-state index in [4.69, 9.17) is 11.6 Å². The number of hydrogen-bond donors (Lipinski definition) is 3. The molecule has 0 radical (unpaired) electrons. The Morgan fingerprint density at radius 1 is 1.09 bits per heavy atom. The van der Waals surface area contributed by atoms with Gasteiger partial charge in [-0.2, -0.15) is 0 Å². The zero-order valence-electron chi connectivity index (χ0n) is 18.0. The van der Waals surface area contributed by atoms with E-state index in [1.54, 1.807) is 0 Å². The number of nitrogens with one attached hydrogen (secondary N) is 2. The molecular weight excluding hydrogens is 547 g/mol. The second-order valence-electron chi connectivity index (χ2n) is 7.55. The van der Waals surface area contributed by atoms with Crippen LogP contribution in [-0.2, 0) is 16.6 Å². The van der Waals surface area contributed by atoms with Gasteiger partial charge in [-0.3, -0.25) is 0 Å². The van der Waals surface area contributed by atoms with E-state index in [0.717, 1.165) is 29.4 Å². The molecule has 0 heterocycles. The Kier molecular flexibility index (Phi) is 9.07. The number of anilines is 1. The molecule has 3 aromatic rings. The molecule has 1 unspecified atom stereocenters. The Bertz CT molecular complexity index is 1260. The van der Waals surface area contributed by atoms with E-state index in [0.29, 0.717) is 17.8 Å². The Balaban J connectivity index is 1.77. The molecule has 0 saturated carbocycles. The number of rotatable bonds is 11. The fourth-order valence-electron chi connectivity index (χ4n) is 3.41. The van der Waals surface area contributed by atoms with Gasteiger partial charge in [0, 0.05) is 30.0 Å². The molecule has 0 bridgehead atoms. The number of carboxylic acid groups (broad SMARTS) is 1. The van der Waals surface area contributed by atoms with E-state index >= 15 is 0 Å². The van der Waals surface area contributed by atoms with Gasteiger partial charge in [-0.05, 0) is 47.9 Å². The van der Waals surface area contributed by atoms with E-state index < -0.39 is 21.8 Å². The van der Waals surface area contributed by atoms with Crippen LogP contribution in [0.5, 0.6) is 0 Å². The Labute approximate surface area is 211 Å². The van der Waals surface area contributed by atoms with E-state index in [2.05, 4.69) is 26.0 Å². The zero-order chi connectivity index (χ0) is 24.7. The molecule has 0 aromatic heterocycles. The van der Waals surface area contributed by atoms with Crippen molar-refractivity contribution in [1.82, 2.24) is 4.72 Å². The van der Waals surface area contributed by atoms with Crippen molar-refractivity contribution in [2.75, 3.05) is 17.2 Å². The lowest BCUT2D eigenvalue weighted by atomic mass is 9.96. The number of alkyl halides is 1. The van der Waals surface area contributed by atoms with Gasteiger partial charge >= 0.3 is 5.97 Å². The molecule has 10 heteroatoms. The lowest BCUT2D eigenvalue weighted by Crippen LogP contribution is -2.24. The minimum atomic E-state index is -4.02. The first-order valence-corrected chi connectivity index (χ1v) is 13.3. The molecule has 3 N–H and O–H groups in total. The maximum atomic E-state index is 13.3. The van der Waals surface area contributed by atoms with Gasteiger partial charge in [0.1, 0.15) is 5.82 Å². The summed E-state index contributed by atoms with van der Waals surface area (Å²) in [5.41, 5.74) is 1.76. The average Bonchev–Trinajstić information content (AvgIpc) is 2.83. The first kappa shape index (κ1) is 26.2. The second-order valence-corrected chi connectivity index (χ2v) is 10.5. The van der Waals surface area contributed by atoms with Gasteiger partial charge in [-0.25, -0.2) is 22.3 Å². The first-order chi connectivity index (χ1) is 16.2. The number of hydrogen-bond acceptors (Lipinski definition) is 4. The van der Waals surface area contributed by atoms with Crippen LogP contribution in [0.3, 0.4) is 0 Å². The smallest absolute Gasteiger partial charge is 0.337 e. The van der Waals surface area contributed by atoms with Gasteiger partial charge in [-0.1, -0.05) is 63.9 Å². The third kappa shape index (κ3) is 6.79. The number of carbonyl (C=O) groups is 1. The second kappa shape index (κ2) is 11.8. The molecule has 0 aliphatic heterocycles. The minimum Gasteiger partial charge on any atom is -0.478 e. The van der Waals surface area contributed by atoms with Gasteiger partial charge in [0.25, 0.3) is 0 Å². The van der Waals surface area contributed by atoms with Gasteiger partial charge < -0.3 is 10.4 Å². The molecule has 1 atom stereocenters. The highest BCUT2D eigenvalue weighted by atomic mass is 79.9. The van der Waals surface area contributed by atoms with Crippen LogP contribution in [0, 0.1) is 5.82 Å². The predicted octanol–water partition coefficient (Wildman–Crippen LogP) is 5.64. The van der Waals surface area contributed by atoms with Gasteiger partial charge in [0.05, 0.1) is 15.5 Å². The van der Waals surface area contributed by atoms with Crippen LogP contribution in [0.1, 0.15) is 33.8 Å². The third-order valence-electron chi connectivity index (χ3n) is 5.25. The maximum Gasteiger partial charge on any atom is 0.337 e. The lowest BCUT2D eigenvalue weighted by Gasteiger charge is -2.19. The Hall–Kier alpha value is -2.46. The first-order valence-electron chi connectivity index (χ1n) is 10.4. The summed E-state index contributed by atoms with van der Waals surface area (Å²) in [6, 6.07) is 17.7. The fourth-order valence-corrected chi connectivity index (χ4v) is 5.21. The van der Waals surface area contributed by atoms with Crippen molar-refractivity contribution in [3.8, 4) is 0 Å². The van der Waals surface area contributed by atoms with E-state index in [-0.39, 0.29) is 27.9 Å². The summed E-state index contributed by atoms with van der Waals surface area (Å²) >= 11 is 9.20. The van der Waals surface area contributed by atoms with Crippen molar-refractivity contribution in [2.24, 2.45) is 0 Å². The summed E-state index contributed by atoms with van der Waals surface area (Å²) in [7, 11) is -4.02. The molecule has 34 heavy (non-hydrogen) atoms. The number of aromatic carboxylic acids is 1. The van der Waals surface area contributed by atoms with Crippen LogP contribution in [0.15, 0.2) is 71.6 Å². The van der Waals surface area contributed by atoms with Gasteiger partial charge in [0.15, 0.2) is 0 Å².